The summed E-state index contributed by atoms with van der Waals surface area (Å²) in [5.74, 6) is -0.798. The Morgan fingerprint density at radius 3 is 2.70 bits per heavy atom. The summed E-state index contributed by atoms with van der Waals surface area (Å²) in [4.78, 5) is 12.5. The van der Waals surface area contributed by atoms with E-state index >= 15 is 0 Å². The van der Waals surface area contributed by atoms with Crippen LogP contribution in [0.4, 0.5) is 15.8 Å². The van der Waals surface area contributed by atoms with Crippen molar-refractivity contribution in [3.63, 3.8) is 0 Å². The summed E-state index contributed by atoms with van der Waals surface area (Å²) >= 11 is 0. The van der Waals surface area contributed by atoms with Crippen molar-refractivity contribution in [3.05, 3.63) is 34.1 Å². The van der Waals surface area contributed by atoms with Gasteiger partial charge in [-0.2, -0.15) is 4.39 Å². The third-order valence-corrected chi connectivity index (χ3v) is 4.07. The normalized spacial score (nSPS) is 18.8. The molecule has 20 heavy (non-hydrogen) atoms. The Morgan fingerprint density at radius 2 is 2.10 bits per heavy atom. The summed E-state index contributed by atoms with van der Waals surface area (Å²) in [7, 11) is 2.09. The summed E-state index contributed by atoms with van der Waals surface area (Å²) in [6.07, 6.45) is 2.05. The molecular weight excluding hydrogens is 261 g/mol. The minimum atomic E-state index is -0.798. The smallest absolute Gasteiger partial charge is 0.327 e. The molecule has 0 spiro atoms. The van der Waals surface area contributed by atoms with E-state index in [1.165, 1.54) is 6.07 Å². The second kappa shape index (κ2) is 5.75. The number of hydrogen-bond acceptors (Lipinski definition) is 4. The highest BCUT2D eigenvalue weighted by Crippen LogP contribution is 2.33. The Morgan fingerprint density at radius 1 is 1.45 bits per heavy atom. The lowest BCUT2D eigenvalue weighted by Gasteiger charge is -2.38. The molecule has 1 aromatic carbocycles. The standard InChI is InChI=1S/C14H20FN3O2/c1-14(6-8-17(2)9-7-14)10-16-12-5-3-4-11(15)13(12)18(19)20/h3-5,16H,6-10H2,1-2H3. The van der Waals surface area contributed by atoms with Crippen LogP contribution in [0.5, 0.6) is 0 Å². The van der Waals surface area contributed by atoms with Gasteiger partial charge in [0, 0.05) is 6.54 Å². The molecule has 0 aromatic heterocycles. The molecule has 1 heterocycles. The number of nitro groups is 1. The van der Waals surface area contributed by atoms with Crippen molar-refractivity contribution in [1.29, 1.82) is 0 Å². The van der Waals surface area contributed by atoms with Crippen molar-refractivity contribution >= 4 is 11.4 Å². The van der Waals surface area contributed by atoms with E-state index in [0.717, 1.165) is 32.0 Å². The van der Waals surface area contributed by atoms with Gasteiger partial charge in [-0.05, 0) is 50.5 Å². The number of likely N-dealkylation sites (tertiary alicyclic amines) is 1. The SMILES string of the molecule is CN1CCC(C)(CNc2cccc(F)c2[N+](=O)[O-])CC1. The van der Waals surface area contributed by atoms with Crippen LogP contribution in [0.2, 0.25) is 0 Å². The van der Waals surface area contributed by atoms with Crippen molar-refractivity contribution in [2.45, 2.75) is 19.8 Å². The highest BCUT2D eigenvalue weighted by atomic mass is 19.1. The third kappa shape index (κ3) is 3.25. The molecule has 0 atom stereocenters. The lowest BCUT2D eigenvalue weighted by molar-refractivity contribution is -0.386. The van der Waals surface area contributed by atoms with Gasteiger partial charge in [0.05, 0.1) is 4.92 Å². The highest BCUT2D eigenvalue weighted by Gasteiger charge is 2.29. The Kier molecular flexibility index (Phi) is 4.23. The summed E-state index contributed by atoms with van der Waals surface area (Å²) in [6, 6.07) is 4.15. The molecule has 0 bridgehead atoms. The van der Waals surface area contributed by atoms with Gasteiger partial charge in [0.25, 0.3) is 0 Å². The molecule has 2 rings (SSSR count). The van der Waals surface area contributed by atoms with Crippen LogP contribution in [0.25, 0.3) is 0 Å². The van der Waals surface area contributed by atoms with Gasteiger partial charge in [0.2, 0.25) is 5.82 Å². The monoisotopic (exact) mass is 281 g/mol. The van der Waals surface area contributed by atoms with Crippen LogP contribution in [-0.4, -0.2) is 36.5 Å². The molecule has 1 aromatic rings. The Balaban J connectivity index is 2.08. The summed E-state index contributed by atoms with van der Waals surface area (Å²) < 4.78 is 13.5. The number of para-hydroxylation sites is 1. The fourth-order valence-corrected chi connectivity index (χ4v) is 2.49. The molecule has 110 valence electrons. The summed E-state index contributed by atoms with van der Waals surface area (Å²) in [5.41, 5.74) is -0.119. The van der Waals surface area contributed by atoms with Crippen LogP contribution in [0.1, 0.15) is 19.8 Å². The lowest BCUT2D eigenvalue weighted by Crippen LogP contribution is -2.40. The minimum absolute atomic E-state index is 0.0900. The molecule has 1 fully saturated rings. The Bertz CT molecular complexity index is 499. The van der Waals surface area contributed by atoms with E-state index in [1.54, 1.807) is 6.07 Å². The number of piperidine rings is 1. The number of hydrogen-bond donors (Lipinski definition) is 1. The third-order valence-electron chi connectivity index (χ3n) is 4.07. The Hall–Kier alpha value is -1.69. The van der Waals surface area contributed by atoms with Gasteiger partial charge in [-0.3, -0.25) is 10.1 Å². The predicted octanol–water partition coefficient (Wildman–Crippen LogP) is 2.88. The molecule has 1 aliphatic rings. The average molecular weight is 281 g/mol. The molecule has 5 nitrogen and oxygen atoms in total. The second-order valence-electron chi connectivity index (χ2n) is 5.86. The van der Waals surface area contributed by atoms with E-state index < -0.39 is 16.4 Å². The van der Waals surface area contributed by atoms with Crippen molar-refractivity contribution in [1.82, 2.24) is 4.90 Å². The van der Waals surface area contributed by atoms with E-state index in [9.17, 15) is 14.5 Å². The van der Waals surface area contributed by atoms with Crippen LogP contribution in [0.15, 0.2) is 18.2 Å². The minimum Gasteiger partial charge on any atom is -0.379 e. The molecule has 0 aliphatic carbocycles. The maximum atomic E-state index is 13.5. The van der Waals surface area contributed by atoms with Gasteiger partial charge >= 0.3 is 5.69 Å². The van der Waals surface area contributed by atoms with Gasteiger partial charge in [-0.25, -0.2) is 0 Å². The van der Waals surface area contributed by atoms with E-state index in [-0.39, 0.29) is 11.1 Å². The first kappa shape index (κ1) is 14.7. The first-order valence-electron chi connectivity index (χ1n) is 6.77. The van der Waals surface area contributed by atoms with E-state index in [1.807, 2.05) is 0 Å². The largest absolute Gasteiger partial charge is 0.379 e. The van der Waals surface area contributed by atoms with E-state index in [4.69, 9.17) is 0 Å². The van der Waals surface area contributed by atoms with Crippen LogP contribution >= 0.6 is 0 Å². The summed E-state index contributed by atoms with van der Waals surface area (Å²) in [5, 5.41) is 14.0. The van der Waals surface area contributed by atoms with Gasteiger partial charge in [0.15, 0.2) is 0 Å². The first-order chi connectivity index (χ1) is 9.41. The maximum Gasteiger partial charge on any atom is 0.327 e. The van der Waals surface area contributed by atoms with Gasteiger partial charge in [-0.15, -0.1) is 0 Å². The average Bonchev–Trinajstić information content (AvgIpc) is 2.40. The quantitative estimate of drug-likeness (QED) is 0.681. The molecule has 0 radical (unpaired) electrons. The number of halogens is 1. The van der Waals surface area contributed by atoms with Crippen molar-refractivity contribution < 1.29 is 9.31 Å². The van der Waals surface area contributed by atoms with Crippen molar-refractivity contribution in [2.75, 3.05) is 32.0 Å². The summed E-state index contributed by atoms with van der Waals surface area (Å²) in [6.45, 7) is 4.82. The molecule has 1 N–H and O–H groups in total. The Labute approximate surface area is 117 Å². The zero-order valence-corrected chi connectivity index (χ0v) is 11.9. The number of rotatable bonds is 4. The van der Waals surface area contributed by atoms with Crippen LogP contribution in [-0.2, 0) is 0 Å². The van der Waals surface area contributed by atoms with Crippen LogP contribution < -0.4 is 5.32 Å². The maximum absolute atomic E-state index is 13.5. The van der Waals surface area contributed by atoms with E-state index in [0.29, 0.717) is 6.54 Å². The predicted molar refractivity (Wildman–Crippen MR) is 76.4 cm³/mol. The number of anilines is 1. The van der Waals surface area contributed by atoms with E-state index in [2.05, 4.69) is 24.2 Å². The fraction of sp³-hybridized carbons (Fsp3) is 0.571. The number of nitro benzene ring substituents is 1. The highest BCUT2D eigenvalue weighted by molar-refractivity contribution is 5.62. The first-order valence-corrected chi connectivity index (χ1v) is 6.77. The molecule has 6 heteroatoms. The number of nitrogens with one attached hydrogen (secondary N) is 1. The topological polar surface area (TPSA) is 58.4 Å². The van der Waals surface area contributed by atoms with Gasteiger partial charge in [0.1, 0.15) is 5.69 Å². The van der Waals surface area contributed by atoms with Gasteiger partial charge in [-0.1, -0.05) is 13.0 Å². The molecule has 0 saturated carbocycles. The van der Waals surface area contributed by atoms with Crippen molar-refractivity contribution in [2.24, 2.45) is 5.41 Å². The van der Waals surface area contributed by atoms with Crippen LogP contribution in [0.3, 0.4) is 0 Å². The number of nitrogens with zero attached hydrogens (tertiary/aromatic N) is 2. The molecule has 1 aliphatic heterocycles. The van der Waals surface area contributed by atoms with Gasteiger partial charge < -0.3 is 10.2 Å². The van der Waals surface area contributed by atoms with Crippen LogP contribution in [0, 0.1) is 21.3 Å². The molecule has 1 saturated heterocycles. The lowest BCUT2D eigenvalue weighted by atomic mass is 9.80. The number of benzene rings is 1. The van der Waals surface area contributed by atoms with Crippen molar-refractivity contribution in [3.8, 4) is 0 Å². The zero-order chi connectivity index (χ0) is 14.8. The molecule has 0 unspecified atom stereocenters. The zero-order valence-electron chi connectivity index (χ0n) is 11.9. The molecule has 0 amide bonds. The second-order valence-corrected chi connectivity index (χ2v) is 5.86. The molecular formula is C14H20FN3O2. The fourth-order valence-electron chi connectivity index (χ4n) is 2.49.